The van der Waals surface area contributed by atoms with Gasteiger partial charge in [0.2, 0.25) is 0 Å². The first-order valence-corrected chi connectivity index (χ1v) is 13.4. The maximum Gasteiger partial charge on any atom is 0.337 e. The maximum absolute atomic E-state index is 12.4. The van der Waals surface area contributed by atoms with E-state index in [0.717, 1.165) is 0 Å². The molecule has 0 spiro atoms. The molecule has 0 aromatic heterocycles. The molecule has 2 atom stereocenters. The van der Waals surface area contributed by atoms with Crippen LogP contribution in [-0.2, 0) is 9.53 Å². The lowest BCUT2D eigenvalue weighted by atomic mass is 9.95. The number of ether oxygens (including phenoxy) is 5. The summed E-state index contributed by atoms with van der Waals surface area (Å²) in [5, 5.41) is 19.8. The van der Waals surface area contributed by atoms with E-state index in [9.17, 15) is 14.7 Å². The third-order valence-corrected chi connectivity index (χ3v) is 6.30. The molecule has 12 nitrogen and oxygen atoms in total. The molecule has 3 rings (SSSR count). The summed E-state index contributed by atoms with van der Waals surface area (Å²) in [4.78, 5) is 24.5. The number of halogens is 1. The first kappa shape index (κ1) is 31.3. The molecule has 0 fully saturated rings. The van der Waals surface area contributed by atoms with Gasteiger partial charge in [0.15, 0.2) is 29.2 Å². The van der Waals surface area contributed by atoms with Gasteiger partial charge in [0.1, 0.15) is 13.2 Å². The molecule has 0 saturated carbocycles. The standard InChI is InChI=1S/C28H33BrN4O8/c1-6-10-40-26-19(29)11-17(12-22(26)37-4)14-30-33-23(34)15-41-20-9-8-18(13-21(20)39-7-2)25-24(27(35)38-5)16(3)31-28(36)32-25/h6,8-9,11-14,23,25,33-34H,1,7,10,15H2,2-5H3,(H2,31,32,36)/b30-14-/t23-,25+/m1/s1. The number of carbonyl (C=O) groups is 2. The van der Waals surface area contributed by atoms with Gasteiger partial charge in [0.05, 0.1) is 43.1 Å². The van der Waals surface area contributed by atoms with E-state index in [2.05, 4.69) is 43.7 Å². The minimum Gasteiger partial charge on any atom is -0.493 e. The number of hydrogen-bond donors (Lipinski definition) is 4. The Hall–Kier alpha value is -4.23. The topological polar surface area (TPSA) is 149 Å². The van der Waals surface area contributed by atoms with Crippen LogP contribution >= 0.6 is 15.9 Å². The minimum atomic E-state index is -1.15. The lowest BCUT2D eigenvalue weighted by Gasteiger charge is -2.28. The Bertz CT molecular complexity index is 1330. The lowest BCUT2D eigenvalue weighted by Crippen LogP contribution is -2.45. The summed E-state index contributed by atoms with van der Waals surface area (Å²) in [5.74, 6) is 1.19. The highest BCUT2D eigenvalue weighted by Gasteiger charge is 2.32. The quantitative estimate of drug-likeness (QED) is 0.0806. The van der Waals surface area contributed by atoms with Crippen LogP contribution in [0.5, 0.6) is 23.0 Å². The Morgan fingerprint density at radius 3 is 2.66 bits per heavy atom. The van der Waals surface area contributed by atoms with Crippen LogP contribution in [-0.4, -0.2) is 63.6 Å². The number of allylic oxidation sites excluding steroid dienone is 1. The van der Waals surface area contributed by atoms with Crippen molar-refractivity contribution in [3.63, 3.8) is 0 Å². The second-order valence-corrected chi connectivity index (χ2v) is 9.40. The van der Waals surface area contributed by atoms with Crippen molar-refractivity contribution in [2.45, 2.75) is 26.1 Å². The highest BCUT2D eigenvalue weighted by Crippen LogP contribution is 2.37. The summed E-state index contributed by atoms with van der Waals surface area (Å²) in [6.07, 6.45) is 1.99. The van der Waals surface area contributed by atoms with Crippen LogP contribution in [0.2, 0.25) is 0 Å². The van der Waals surface area contributed by atoms with Gasteiger partial charge >= 0.3 is 12.0 Å². The van der Waals surface area contributed by atoms with Crippen molar-refractivity contribution in [3.8, 4) is 23.0 Å². The summed E-state index contributed by atoms with van der Waals surface area (Å²) in [5.41, 5.74) is 4.54. The van der Waals surface area contributed by atoms with Crippen molar-refractivity contribution < 1.29 is 38.4 Å². The fraction of sp³-hybridized carbons (Fsp3) is 0.321. The number of nitrogens with one attached hydrogen (secondary N) is 3. The Morgan fingerprint density at radius 1 is 1.20 bits per heavy atom. The predicted molar refractivity (Wildman–Crippen MR) is 155 cm³/mol. The summed E-state index contributed by atoms with van der Waals surface area (Å²) in [7, 11) is 2.80. The molecule has 13 heteroatoms. The van der Waals surface area contributed by atoms with Crippen LogP contribution in [0.1, 0.15) is 31.0 Å². The van der Waals surface area contributed by atoms with Crippen LogP contribution in [0.15, 0.2) is 63.8 Å². The first-order valence-electron chi connectivity index (χ1n) is 12.6. The highest BCUT2D eigenvalue weighted by molar-refractivity contribution is 9.10. The molecule has 1 aliphatic rings. The number of hydrogen-bond acceptors (Lipinski definition) is 10. The lowest BCUT2D eigenvalue weighted by molar-refractivity contribution is -0.136. The van der Waals surface area contributed by atoms with Gasteiger partial charge in [-0.3, -0.25) is 5.43 Å². The molecular weight excluding hydrogens is 600 g/mol. The van der Waals surface area contributed by atoms with Crippen molar-refractivity contribution >= 4 is 34.1 Å². The van der Waals surface area contributed by atoms with E-state index in [1.165, 1.54) is 20.4 Å². The Balaban J connectivity index is 1.69. The van der Waals surface area contributed by atoms with Crippen molar-refractivity contribution in [2.75, 3.05) is 34.0 Å². The first-order chi connectivity index (χ1) is 19.7. The maximum atomic E-state index is 12.4. The average Bonchev–Trinajstić information content (AvgIpc) is 2.95. The van der Waals surface area contributed by atoms with Crippen LogP contribution in [0, 0.1) is 0 Å². The molecule has 0 aliphatic carbocycles. The van der Waals surface area contributed by atoms with E-state index < -0.39 is 24.3 Å². The van der Waals surface area contributed by atoms with Gasteiger partial charge in [-0.2, -0.15) is 5.10 Å². The monoisotopic (exact) mass is 632 g/mol. The largest absolute Gasteiger partial charge is 0.493 e. The summed E-state index contributed by atoms with van der Waals surface area (Å²) in [6, 6.07) is 7.31. The number of hydrazone groups is 1. The number of nitrogens with zero attached hydrogens (tertiary/aromatic N) is 1. The summed E-state index contributed by atoms with van der Waals surface area (Å²) < 4.78 is 28.1. The van der Waals surface area contributed by atoms with E-state index in [1.807, 2.05) is 6.92 Å². The van der Waals surface area contributed by atoms with Crippen LogP contribution < -0.4 is 35.0 Å². The fourth-order valence-corrected chi connectivity index (χ4v) is 4.49. The van der Waals surface area contributed by atoms with Crippen LogP contribution in [0.25, 0.3) is 0 Å². The Kier molecular flexibility index (Phi) is 11.4. The molecule has 2 aromatic carbocycles. The Labute approximate surface area is 246 Å². The number of aliphatic hydroxyl groups is 1. The number of carbonyl (C=O) groups excluding carboxylic acids is 2. The van der Waals surface area contributed by atoms with Crippen molar-refractivity contribution in [1.82, 2.24) is 16.1 Å². The molecule has 0 radical (unpaired) electrons. The molecule has 0 bridgehead atoms. The van der Waals surface area contributed by atoms with E-state index in [1.54, 1.807) is 43.3 Å². The van der Waals surface area contributed by atoms with Crippen molar-refractivity contribution in [2.24, 2.45) is 5.10 Å². The van der Waals surface area contributed by atoms with Gasteiger partial charge in [0, 0.05) is 5.70 Å². The zero-order chi connectivity index (χ0) is 29.9. The second-order valence-electron chi connectivity index (χ2n) is 8.55. The molecule has 0 saturated heterocycles. The van der Waals surface area contributed by atoms with Crippen molar-refractivity contribution in [1.29, 1.82) is 0 Å². The number of amides is 2. The van der Waals surface area contributed by atoms with Crippen LogP contribution in [0.4, 0.5) is 4.79 Å². The normalized spacial score (nSPS) is 15.5. The number of methoxy groups -OCH3 is 2. The fourth-order valence-electron chi connectivity index (χ4n) is 3.92. The zero-order valence-electron chi connectivity index (χ0n) is 23.2. The number of esters is 1. The molecule has 2 amide bonds. The van der Waals surface area contributed by atoms with Gasteiger partial charge in [-0.1, -0.05) is 18.7 Å². The molecule has 1 aliphatic heterocycles. The number of benzene rings is 2. The number of rotatable bonds is 14. The molecule has 1 heterocycles. The molecule has 0 unspecified atom stereocenters. The van der Waals surface area contributed by atoms with Crippen LogP contribution in [0.3, 0.4) is 0 Å². The van der Waals surface area contributed by atoms with E-state index in [4.69, 9.17) is 23.7 Å². The molecule has 220 valence electrons. The Morgan fingerprint density at radius 2 is 1.98 bits per heavy atom. The summed E-state index contributed by atoms with van der Waals surface area (Å²) in [6.45, 7) is 7.57. The third-order valence-electron chi connectivity index (χ3n) is 5.71. The second kappa shape index (κ2) is 15.0. The molecular formula is C28H33BrN4O8. The average molecular weight is 633 g/mol. The molecule has 4 N–H and O–H groups in total. The van der Waals surface area contributed by atoms with Gasteiger partial charge in [-0.05, 0) is 65.2 Å². The van der Waals surface area contributed by atoms with Gasteiger partial charge in [0.25, 0.3) is 0 Å². The highest BCUT2D eigenvalue weighted by atomic mass is 79.9. The SMILES string of the molecule is C=CCOc1c(Br)cc(/C=N\N[C@H](O)COc2ccc([C@@H]3NC(=O)NC(C)=C3C(=O)OC)cc2OCC)cc1OC. The molecule has 2 aromatic rings. The van der Waals surface area contributed by atoms with Gasteiger partial charge < -0.3 is 39.4 Å². The smallest absolute Gasteiger partial charge is 0.337 e. The zero-order valence-corrected chi connectivity index (χ0v) is 24.7. The minimum absolute atomic E-state index is 0.158. The van der Waals surface area contributed by atoms with Crippen molar-refractivity contribution in [3.05, 3.63) is 69.9 Å². The predicted octanol–water partition coefficient (Wildman–Crippen LogP) is 3.54. The summed E-state index contributed by atoms with van der Waals surface area (Å²) >= 11 is 3.46. The van der Waals surface area contributed by atoms with E-state index in [-0.39, 0.29) is 12.2 Å². The van der Waals surface area contributed by atoms with Gasteiger partial charge in [-0.25, -0.2) is 9.59 Å². The molecule has 41 heavy (non-hydrogen) atoms. The number of aliphatic hydroxyl groups excluding tert-OH is 1. The van der Waals surface area contributed by atoms with E-state index >= 15 is 0 Å². The van der Waals surface area contributed by atoms with E-state index in [0.29, 0.717) is 57.5 Å². The van der Waals surface area contributed by atoms with Gasteiger partial charge in [-0.15, -0.1) is 0 Å². The number of urea groups is 1. The third kappa shape index (κ3) is 8.14.